The van der Waals surface area contributed by atoms with Crippen LogP contribution in [0.1, 0.15) is 0 Å². The Balaban J connectivity index is 2.54. The number of piperazine rings is 1. The third kappa shape index (κ3) is 4.91. The lowest BCUT2D eigenvalue weighted by Crippen LogP contribution is -2.46. The molecule has 1 aromatic rings. The van der Waals surface area contributed by atoms with Gasteiger partial charge in [-0.05, 0) is 6.07 Å². The molecule has 0 spiro atoms. The van der Waals surface area contributed by atoms with Gasteiger partial charge in [0.15, 0.2) is 0 Å². The van der Waals surface area contributed by atoms with E-state index in [0.29, 0.717) is 55.6 Å². The first-order valence-corrected chi connectivity index (χ1v) is 11.5. The monoisotopic (exact) mass is 498 g/mol. The second-order valence-corrected chi connectivity index (χ2v) is 8.92. The topological polar surface area (TPSA) is 95.8 Å². The summed E-state index contributed by atoms with van der Waals surface area (Å²) in [5.74, 6) is 0. The Hall–Kier alpha value is -0.750. The Morgan fingerprint density at radius 1 is 1.20 bits per heavy atom. The van der Waals surface area contributed by atoms with E-state index < -0.39 is 14.9 Å². The predicted octanol–water partition coefficient (Wildman–Crippen LogP) is 1.78. The standard InChI is InChI=1S/C14H20Br2N4O4S/c15-3-7-18(8-4-16)13-2-1-12(20(21)22)11-14(13)25(23,24)19-9-5-17-6-10-19/h1-2,11,17H,3-10H2. The van der Waals surface area contributed by atoms with Gasteiger partial charge in [-0.2, -0.15) is 4.31 Å². The Bertz CT molecular complexity index is 705. The van der Waals surface area contributed by atoms with Crippen molar-refractivity contribution in [3.05, 3.63) is 28.3 Å². The van der Waals surface area contributed by atoms with Crippen LogP contribution in [0.25, 0.3) is 0 Å². The summed E-state index contributed by atoms with van der Waals surface area (Å²) in [6.07, 6.45) is 0. The lowest BCUT2D eigenvalue weighted by Gasteiger charge is -2.30. The van der Waals surface area contributed by atoms with Gasteiger partial charge in [0.05, 0.1) is 10.6 Å². The van der Waals surface area contributed by atoms with E-state index in [1.54, 1.807) is 0 Å². The number of non-ortho nitro benzene ring substituents is 1. The second kappa shape index (κ2) is 9.26. The number of sulfonamides is 1. The zero-order chi connectivity index (χ0) is 18.4. The van der Waals surface area contributed by atoms with Crippen LogP contribution in [-0.4, -0.2) is 67.6 Å². The van der Waals surface area contributed by atoms with Gasteiger partial charge < -0.3 is 10.2 Å². The minimum Gasteiger partial charge on any atom is -0.369 e. The number of hydrogen-bond acceptors (Lipinski definition) is 6. The number of hydrogen-bond donors (Lipinski definition) is 1. The summed E-state index contributed by atoms with van der Waals surface area (Å²) in [7, 11) is -3.81. The summed E-state index contributed by atoms with van der Waals surface area (Å²) in [6.45, 7) is 3.01. The molecule has 0 aromatic heterocycles. The van der Waals surface area contributed by atoms with Gasteiger partial charge >= 0.3 is 0 Å². The van der Waals surface area contributed by atoms with Gasteiger partial charge in [-0.1, -0.05) is 31.9 Å². The molecule has 8 nitrogen and oxygen atoms in total. The number of benzene rings is 1. The summed E-state index contributed by atoms with van der Waals surface area (Å²) in [5, 5.41) is 15.6. The maximum atomic E-state index is 13.1. The van der Waals surface area contributed by atoms with E-state index in [1.807, 2.05) is 4.90 Å². The average molecular weight is 500 g/mol. The van der Waals surface area contributed by atoms with Crippen LogP contribution in [0.15, 0.2) is 23.1 Å². The van der Waals surface area contributed by atoms with Crippen molar-refractivity contribution in [1.29, 1.82) is 0 Å². The van der Waals surface area contributed by atoms with E-state index in [1.165, 1.54) is 22.5 Å². The van der Waals surface area contributed by atoms with Crippen LogP contribution in [0, 0.1) is 10.1 Å². The van der Waals surface area contributed by atoms with Crippen LogP contribution in [0.2, 0.25) is 0 Å². The molecule has 11 heteroatoms. The first-order valence-electron chi connectivity index (χ1n) is 7.78. The van der Waals surface area contributed by atoms with E-state index in [2.05, 4.69) is 37.2 Å². The van der Waals surface area contributed by atoms with Crippen LogP contribution in [-0.2, 0) is 10.0 Å². The van der Waals surface area contributed by atoms with Crippen molar-refractivity contribution in [1.82, 2.24) is 9.62 Å². The van der Waals surface area contributed by atoms with E-state index in [0.717, 1.165) is 0 Å². The fourth-order valence-corrected chi connectivity index (χ4v) is 5.19. The van der Waals surface area contributed by atoms with Crippen molar-refractivity contribution >= 4 is 53.3 Å². The number of halogens is 2. The van der Waals surface area contributed by atoms with Crippen LogP contribution in [0.5, 0.6) is 0 Å². The first-order chi connectivity index (χ1) is 11.9. The smallest absolute Gasteiger partial charge is 0.270 e. The minimum atomic E-state index is -3.81. The van der Waals surface area contributed by atoms with Crippen LogP contribution in [0.3, 0.4) is 0 Å². The average Bonchev–Trinajstić information content (AvgIpc) is 2.61. The molecule has 1 aromatic carbocycles. The minimum absolute atomic E-state index is 0.00880. The number of alkyl halides is 2. The molecule has 0 atom stereocenters. The van der Waals surface area contributed by atoms with E-state index in [9.17, 15) is 18.5 Å². The SMILES string of the molecule is O=[N+]([O-])c1ccc(N(CCBr)CCBr)c(S(=O)(=O)N2CCNCC2)c1. The molecule has 1 saturated heterocycles. The molecule has 140 valence electrons. The van der Waals surface area contributed by atoms with Gasteiger partial charge in [0.1, 0.15) is 4.90 Å². The van der Waals surface area contributed by atoms with Gasteiger partial charge in [-0.3, -0.25) is 10.1 Å². The molecule has 25 heavy (non-hydrogen) atoms. The number of nitro groups is 1. The van der Waals surface area contributed by atoms with Crippen molar-refractivity contribution < 1.29 is 13.3 Å². The quantitative estimate of drug-likeness (QED) is 0.333. The number of nitro benzene ring substituents is 1. The van der Waals surface area contributed by atoms with Crippen molar-refractivity contribution in [2.24, 2.45) is 0 Å². The number of nitrogens with one attached hydrogen (secondary N) is 1. The highest BCUT2D eigenvalue weighted by Crippen LogP contribution is 2.32. The summed E-state index contributed by atoms with van der Waals surface area (Å²) >= 11 is 6.75. The number of nitrogens with zero attached hydrogens (tertiary/aromatic N) is 3. The molecular weight excluding hydrogens is 480 g/mol. The lowest BCUT2D eigenvalue weighted by molar-refractivity contribution is -0.385. The normalized spacial score (nSPS) is 15.9. The predicted molar refractivity (Wildman–Crippen MR) is 105 cm³/mol. The van der Waals surface area contributed by atoms with Crippen molar-refractivity contribution in [2.75, 3.05) is 54.8 Å². The Morgan fingerprint density at radius 2 is 1.80 bits per heavy atom. The highest BCUT2D eigenvalue weighted by Gasteiger charge is 2.31. The van der Waals surface area contributed by atoms with Gasteiger partial charge in [-0.15, -0.1) is 0 Å². The summed E-state index contributed by atoms with van der Waals surface area (Å²) in [5.41, 5.74) is 0.262. The number of anilines is 1. The Labute approximate surface area is 164 Å². The Kier molecular flexibility index (Phi) is 7.62. The van der Waals surface area contributed by atoms with E-state index in [-0.39, 0.29) is 10.6 Å². The lowest BCUT2D eigenvalue weighted by atomic mass is 10.2. The molecule has 0 amide bonds. The molecule has 1 aliphatic heterocycles. The fourth-order valence-electron chi connectivity index (χ4n) is 2.66. The van der Waals surface area contributed by atoms with Crippen LogP contribution in [0.4, 0.5) is 11.4 Å². The van der Waals surface area contributed by atoms with Crippen molar-refractivity contribution in [3.8, 4) is 0 Å². The molecule has 0 saturated carbocycles. The van der Waals surface area contributed by atoms with Gasteiger partial charge in [-0.25, -0.2) is 8.42 Å². The largest absolute Gasteiger partial charge is 0.369 e. The summed E-state index contributed by atoms with van der Waals surface area (Å²) < 4.78 is 27.6. The number of rotatable bonds is 8. The highest BCUT2D eigenvalue weighted by molar-refractivity contribution is 9.09. The second-order valence-electron chi connectivity index (χ2n) is 5.43. The third-order valence-electron chi connectivity index (χ3n) is 3.90. The van der Waals surface area contributed by atoms with Crippen molar-refractivity contribution in [3.63, 3.8) is 0 Å². The van der Waals surface area contributed by atoms with Gasteiger partial charge in [0, 0.05) is 62.1 Å². The van der Waals surface area contributed by atoms with Crippen LogP contribution < -0.4 is 10.2 Å². The molecule has 2 rings (SSSR count). The molecular formula is C14H20Br2N4O4S. The molecule has 1 N–H and O–H groups in total. The van der Waals surface area contributed by atoms with Crippen LogP contribution >= 0.6 is 31.9 Å². The molecule has 1 fully saturated rings. The molecule has 0 unspecified atom stereocenters. The maximum absolute atomic E-state index is 13.1. The maximum Gasteiger partial charge on any atom is 0.270 e. The first kappa shape index (κ1) is 20.6. The molecule has 0 aliphatic carbocycles. The fraction of sp³-hybridized carbons (Fsp3) is 0.571. The zero-order valence-electron chi connectivity index (χ0n) is 13.5. The Morgan fingerprint density at radius 3 is 2.32 bits per heavy atom. The summed E-state index contributed by atoms with van der Waals surface area (Å²) in [4.78, 5) is 12.5. The molecule has 0 radical (unpaired) electrons. The van der Waals surface area contributed by atoms with Crippen molar-refractivity contribution in [2.45, 2.75) is 4.90 Å². The van der Waals surface area contributed by atoms with Gasteiger partial charge in [0.2, 0.25) is 10.0 Å². The highest BCUT2D eigenvalue weighted by atomic mass is 79.9. The van der Waals surface area contributed by atoms with Gasteiger partial charge in [0.25, 0.3) is 5.69 Å². The van der Waals surface area contributed by atoms with E-state index >= 15 is 0 Å². The molecule has 1 aliphatic rings. The third-order valence-corrected chi connectivity index (χ3v) is 6.53. The summed E-state index contributed by atoms with van der Waals surface area (Å²) in [6, 6.07) is 4.04. The molecule has 0 bridgehead atoms. The zero-order valence-corrected chi connectivity index (χ0v) is 17.5. The van der Waals surface area contributed by atoms with E-state index in [4.69, 9.17) is 0 Å². The molecule has 1 heterocycles.